The predicted molar refractivity (Wildman–Crippen MR) is 74.6 cm³/mol. The summed E-state index contributed by atoms with van der Waals surface area (Å²) < 4.78 is 10.8. The fourth-order valence-electron chi connectivity index (χ4n) is 1.68. The highest BCUT2D eigenvalue weighted by atomic mass is 32.1. The Balaban J connectivity index is 2.31. The first-order valence-electron chi connectivity index (χ1n) is 5.91. The van der Waals surface area contributed by atoms with Crippen molar-refractivity contribution in [3.05, 3.63) is 29.3 Å². The molecule has 19 heavy (non-hydrogen) atoms. The van der Waals surface area contributed by atoms with E-state index in [1.165, 1.54) is 11.3 Å². The van der Waals surface area contributed by atoms with Crippen LogP contribution in [0.5, 0.6) is 11.5 Å². The Bertz CT molecular complexity index is 602. The van der Waals surface area contributed by atoms with Crippen molar-refractivity contribution in [2.45, 2.75) is 13.3 Å². The summed E-state index contributed by atoms with van der Waals surface area (Å²) in [5.41, 5.74) is 1.77. The zero-order valence-corrected chi connectivity index (χ0v) is 11.7. The van der Waals surface area contributed by atoms with Gasteiger partial charge in [-0.15, -0.1) is 11.3 Å². The van der Waals surface area contributed by atoms with Gasteiger partial charge in [-0.2, -0.15) is 5.26 Å². The third-order valence-electron chi connectivity index (χ3n) is 2.52. The van der Waals surface area contributed by atoms with Crippen LogP contribution in [0.2, 0.25) is 0 Å². The first-order chi connectivity index (χ1) is 9.28. The molecule has 98 valence electrons. The lowest BCUT2D eigenvalue weighted by Crippen LogP contribution is -1.95. The maximum atomic E-state index is 8.66. The molecule has 0 unspecified atom stereocenters. The van der Waals surface area contributed by atoms with Gasteiger partial charge in [0.05, 0.1) is 31.9 Å². The van der Waals surface area contributed by atoms with Crippen LogP contribution in [0.1, 0.15) is 12.6 Å². The molecule has 0 saturated carbocycles. The van der Waals surface area contributed by atoms with Crippen molar-refractivity contribution >= 4 is 11.3 Å². The van der Waals surface area contributed by atoms with Gasteiger partial charge in [-0.3, -0.25) is 0 Å². The summed E-state index contributed by atoms with van der Waals surface area (Å²) in [6.07, 6.45) is 0.338. The molecule has 1 aromatic carbocycles. The standard InChI is InChI=1S/C14H14N2O2S/c1-3-18-12-5-4-10(8-13(12)17-2)14-16-11(6-7-15)9-19-14/h4-5,8-9H,3,6H2,1-2H3. The highest BCUT2D eigenvalue weighted by Gasteiger charge is 2.09. The van der Waals surface area contributed by atoms with E-state index in [0.717, 1.165) is 22.0 Å². The van der Waals surface area contributed by atoms with E-state index in [0.29, 0.717) is 18.8 Å². The monoisotopic (exact) mass is 274 g/mol. The van der Waals surface area contributed by atoms with Crippen LogP contribution in [0, 0.1) is 11.3 Å². The number of ether oxygens (including phenoxy) is 2. The Kier molecular flexibility index (Phi) is 4.37. The van der Waals surface area contributed by atoms with Crippen molar-refractivity contribution in [2.24, 2.45) is 0 Å². The van der Waals surface area contributed by atoms with Crippen molar-refractivity contribution in [2.75, 3.05) is 13.7 Å². The first kappa shape index (κ1) is 13.4. The van der Waals surface area contributed by atoms with Gasteiger partial charge in [0, 0.05) is 10.9 Å². The van der Waals surface area contributed by atoms with Crippen molar-refractivity contribution in [1.82, 2.24) is 4.98 Å². The molecular weight excluding hydrogens is 260 g/mol. The lowest BCUT2D eigenvalue weighted by atomic mass is 10.2. The lowest BCUT2D eigenvalue weighted by Gasteiger charge is -2.09. The minimum absolute atomic E-state index is 0.338. The number of nitriles is 1. The van der Waals surface area contributed by atoms with E-state index in [2.05, 4.69) is 11.1 Å². The molecule has 0 aliphatic carbocycles. The SMILES string of the molecule is CCOc1ccc(-c2nc(CC#N)cs2)cc1OC. The zero-order chi connectivity index (χ0) is 13.7. The molecule has 0 spiro atoms. The lowest BCUT2D eigenvalue weighted by molar-refractivity contribution is 0.311. The average Bonchev–Trinajstić information content (AvgIpc) is 2.88. The van der Waals surface area contributed by atoms with E-state index in [1.54, 1.807) is 7.11 Å². The van der Waals surface area contributed by atoms with E-state index in [-0.39, 0.29) is 0 Å². The number of hydrogen-bond donors (Lipinski definition) is 0. The maximum absolute atomic E-state index is 8.66. The summed E-state index contributed by atoms with van der Waals surface area (Å²) in [5.74, 6) is 1.42. The van der Waals surface area contributed by atoms with Crippen LogP contribution in [0.15, 0.2) is 23.6 Å². The molecule has 0 aliphatic rings. The van der Waals surface area contributed by atoms with Crippen molar-refractivity contribution in [3.8, 4) is 28.1 Å². The van der Waals surface area contributed by atoms with Gasteiger partial charge in [-0.25, -0.2) is 4.98 Å². The number of thiazole rings is 1. The molecular formula is C14H14N2O2S. The van der Waals surface area contributed by atoms with Gasteiger partial charge in [0.15, 0.2) is 11.5 Å². The number of nitrogens with zero attached hydrogens (tertiary/aromatic N) is 2. The van der Waals surface area contributed by atoms with E-state index in [1.807, 2.05) is 30.5 Å². The Morgan fingerprint density at radius 2 is 2.21 bits per heavy atom. The predicted octanol–water partition coefficient (Wildman–Crippen LogP) is 3.28. The second-order valence-corrected chi connectivity index (χ2v) is 4.64. The second kappa shape index (κ2) is 6.21. The fraction of sp³-hybridized carbons (Fsp3) is 0.286. The summed E-state index contributed by atoms with van der Waals surface area (Å²) in [4.78, 5) is 4.42. The van der Waals surface area contributed by atoms with Crippen LogP contribution in [-0.2, 0) is 6.42 Å². The molecule has 0 saturated heterocycles. The highest BCUT2D eigenvalue weighted by Crippen LogP contribution is 2.33. The van der Waals surface area contributed by atoms with Crippen LogP contribution >= 0.6 is 11.3 Å². The molecule has 0 atom stereocenters. The van der Waals surface area contributed by atoms with Gasteiger partial charge in [0.2, 0.25) is 0 Å². The van der Waals surface area contributed by atoms with Crippen LogP contribution in [0.3, 0.4) is 0 Å². The molecule has 2 aromatic rings. The fourth-order valence-corrected chi connectivity index (χ4v) is 2.49. The summed E-state index contributed by atoms with van der Waals surface area (Å²) in [5, 5.41) is 11.4. The highest BCUT2D eigenvalue weighted by molar-refractivity contribution is 7.13. The van der Waals surface area contributed by atoms with Gasteiger partial charge in [-0.05, 0) is 25.1 Å². The zero-order valence-electron chi connectivity index (χ0n) is 10.8. The Morgan fingerprint density at radius 3 is 2.89 bits per heavy atom. The van der Waals surface area contributed by atoms with Gasteiger partial charge < -0.3 is 9.47 Å². The summed E-state index contributed by atoms with van der Waals surface area (Å²) in [6.45, 7) is 2.53. The van der Waals surface area contributed by atoms with Gasteiger partial charge in [0.25, 0.3) is 0 Å². The molecule has 1 aromatic heterocycles. The molecule has 4 nitrogen and oxygen atoms in total. The molecule has 0 bridgehead atoms. The topological polar surface area (TPSA) is 55.1 Å². The average molecular weight is 274 g/mol. The quantitative estimate of drug-likeness (QED) is 0.839. The first-order valence-corrected chi connectivity index (χ1v) is 6.79. The van der Waals surface area contributed by atoms with E-state index in [9.17, 15) is 0 Å². The molecule has 5 heteroatoms. The molecule has 0 aliphatic heterocycles. The number of aromatic nitrogens is 1. The van der Waals surface area contributed by atoms with Gasteiger partial charge >= 0.3 is 0 Å². The van der Waals surface area contributed by atoms with Crippen LogP contribution in [0.25, 0.3) is 10.6 Å². The van der Waals surface area contributed by atoms with Gasteiger partial charge in [-0.1, -0.05) is 0 Å². The Hall–Kier alpha value is -2.06. The van der Waals surface area contributed by atoms with Crippen molar-refractivity contribution < 1.29 is 9.47 Å². The molecule has 2 rings (SSSR count). The smallest absolute Gasteiger partial charge is 0.161 e. The number of hydrogen-bond acceptors (Lipinski definition) is 5. The molecule has 0 radical (unpaired) electrons. The van der Waals surface area contributed by atoms with E-state index >= 15 is 0 Å². The summed E-state index contributed by atoms with van der Waals surface area (Å²) in [6, 6.07) is 7.82. The molecule has 0 N–H and O–H groups in total. The third-order valence-corrected chi connectivity index (χ3v) is 3.46. The van der Waals surface area contributed by atoms with E-state index < -0.39 is 0 Å². The normalized spacial score (nSPS) is 9.95. The van der Waals surface area contributed by atoms with Crippen LogP contribution in [-0.4, -0.2) is 18.7 Å². The van der Waals surface area contributed by atoms with Crippen molar-refractivity contribution in [1.29, 1.82) is 5.26 Å². The number of benzene rings is 1. The van der Waals surface area contributed by atoms with E-state index in [4.69, 9.17) is 14.7 Å². The number of rotatable bonds is 5. The van der Waals surface area contributed by atoms with Crippen LogP contribution < -0.4 is 9.47 Å². The molecule has 1 heterocycles. The summed E-state index contributed by atoms with van der Waals surface area (Å²) in [7, 11) is 1.62. The minimum Gasteiger partial charge on any atom is -0.493 e. The Morgan fingerprint density at radius 1 is 1.37 bits per heavy atom. The van der Waals surface area contributed by atoms with Crippen molar-refractivity contribution in [3.63, 3.8) is 0 Å². The largest absolute Gasteiger partial charge is 0.493 e. The Labute approximate surface area is 116 Å². The molecule has 0 fully saturated rings. The minimum atomic E-state index is 0.338. The third kappa shape index (κ3) is 3.04. The van der Waals surface area contributed by atoms with Crippen LogP contribution in [0.4, 0.5) is 0 Å². The molecule has 0 amide bonds. The second-order valence-electron chi connectivity index (χ2n) is 3.78. The maximum Gasteiger partial charge on any atom is 0.161 e. The van der Waals surface area contributed by atoms with Gasteiger partial charge in [0.1, 0.15) is 5.01 Å². The number of methoxy groups -OCH3 is 1. The summed E-state index contributed by atoms with van der Waals surface area (Å²) >= 11 is 1.52.